The molecule has 2 aromatic rings. The van der Waals surface area contributed by atoms with E-state index in [-0.39, 0.29) is 6.61 Å². The van der Waals surface area contributed by atoms with Crippen molar-refractivity contribution < 1.29 is 14.6 Å². The number of benzene rings is 2. The molecule has 0 atom stereocenters. The maximum Gasteiger partial charge on any atom is 0.119 e. The number of aliphatic hydroxyl groups is 1. The van der Waals surface area contributed by atoms with Crippen molar-refractivity contribution in [2.24, 2.45) is 0 Å². The summed E-state index contributed by atoms with van der Waals surface area (Å²) in [5.74, 6) is 1.68. The lowest BCUT2D eigenvalue weighted by molar-refractivity contribution is 0.280. The van der Waals surface area contributed by atoms with Crippen molar-refractivity contribution in [2.75, 3.05) is 14.2 Å². The summed E-state index contributed by atoms with van der Waals surface area (Å²) < 4.78 is 12.1. The molecule has 0 bridgehead atoms. The highest BCUT2D eigenvalue weighted by Gasteiger charge is 1.99. The molecule has 0 aliphatic carbocycles. The largest absolute Gasteiger partial charge is 0.497 e. The van der Waals surface area contributed by atoms with E-state index in [9.17, 15) is 0 Å². The highest BCUT2D eigenvalue weighted by molar-refractivity contribution is 9.10. The van der Waals surface area contributed by atoms with Gasteiger partial charge in [-0.15, -0.1) is 0 Å². The Balaban J connectivity index is 0.000000220. The number of aliphatic hydroxyl groups excluding tert-OH is 1. The first-order chi connectivity index (χ1) is 10.5. The first-order valence-corrected chi connectivity index (χ1v) is 8.40. The Morgan fingerprint density at radius 1 is 0.864 bits per heavy atom. The van der Waals surface area contributed by atoms with Crippen molar-refractivity contribution in [3.05, 3.63) is 56.5 Å². The zero-order chi connectivity index (χ0) is 16.5. The van der Waals surface area contributed by atoms with E-state index in [0.29, 0.717) is 0 Å². The third-order valence-electron chi connectivity index (χ3n) is 3.06. The lowest BCUT2D eigenvalue weighted by Gasteiger charge is -2.03. The van der Waals surface area contributed by atoms with Gasteiger partial charge in [-0.25, -0.2) is 0 Å². The number of hydrogen-bond acceptors (Lipinski definition) is 3. The Labute approximate surface area is 148 Å². The fourth-order valence-corrected chi connectivity index (χ4v) is 2.65. The highest BCUT2D eigenvalue weighted by Crippen LogP contribution is 2.23. The van der Waals surface area contributed by atoms with Gasteiger partial charge in [0.05, 0.1) is 20.8 Å². The van der Waals surface area contributed by atoms with Crippen molar-refractivity contribution in [3.8, 4) is 11.5 Å². The summed E-state index contributed by atoms with van der Waals surface area (Å²) in [6, 6.07) is 11.5. The normalized spacial score (nSPS) is 9.73. The van der Waals surface area contributed by atoms with Crippen LogP contribution < -0.4 is 9.47 Å². The quantitative estimate of drug-likeness (QED) is 0.742. The fraction of sp³-hybridized carbons (Fsp3) is 0.294. The van der Waals surface area contributed by atoms with Crippen LogP contribution in [0, 0.1) is 0 Å². The molecule has 0 aliphatic heterocycles. The molecule has 1 N–H and O–H groups in total. The Morgan fingerprint density at radius 2 is 1.32 bits per heavy atom. The lowest BCUT2D eigenvalue weighted by Crippen LogP contribution is -1.88. The molecule has 0 unspecified atom stereocenters. The molecule has 0 amide bonds. The SMILES string of the molecule is CCc1cc(OC)ccc1Br.COc1ccc(Br)c(CO)c1. The molecule has 0 saturated heterocycles. The molecule has 0 fully saturated rings. The molecule has 3 nitrogen and oxygen atoms in total. The van der Waals surface area contributed by atoms with E-state index in [4.69, 9.17) is 14.6 Å². The second-order valence-electron chi connectivity index (χ2n) is 4.43. The lowest BCUT2D eigenvalue weighted by atomic mass is 10.2. The third kappa shape index (κ3) is 5.63. The molecule has 5 heteroatoms. The van der Waals surface area contributed by atoms with Gasteiger partial charge in [0, 0.05) is 8.95 Å². The predicted octanol–water partition coefficient (Wildman–Crippen LogP) is 4.97. The van der Waals surface area contributed by atoms with Gasteiger partial charge >= 0.3 is 0 Å². The van der Waals surface area contributed by atoms with Crippen LogP contribution in [-0.2, 0) is 13.0 Å². The fourth-order valence-electron chi connectivity index (χ4n) is 1.75. The summed E-state index contributed by atoms with van der Waals surface area (Å²) in [4.78, 5) is 0. The van der Waals surface area contributed by atoms with Gasteiger partial charge in [-0.2, -0.15) is 0 Å². The maximum absolute atomic E-state index is 8.85. The van der Waals surface area contributed by atoms with Gasteiger partial charge in [-0.1, -0.05) is 38.8 Å². The minimum absolute atomic E-state index is 0.0256. The van der Waals surface area contributed by atoms with Crippen molar-refractivity contribution in [1.29, 1.82) is 0 Å². The van der Waals surface area contributed by atoms with Crippen LogP contribution in [0.4, 0.5) is 0 Å². The topological polar surface area (TPSA) is 38.7 Å². The summed E-state index contributed by atoms with van der Waals surface area (Å²) in [6.45, 7) is 2.15. The Morgan fingerprint density at radius 3 is 1.73 bits per heavy atom. The van der Waals surface area contributed by atoms with Crippen LogP contribution in [0.15, 0.2) is 45.3 Å². The first kappa shape index (κ1) is 19.0. The van der Waals surface area contributed by atoms with E-state index >= 15 is 0 Å². The van der Waals surface area contributed by atoms with Gasteiger partial charge < -0.3 is 14.6 Å². The van der Waals surface area contributed by atoms with Crippen LogP contribution in [0.1, 0.15) is 18.1 Å². The van der Waals surface area contributed by atoms with Gasteiger partial charge in [-0.05, 0) is 53.9 Å². The summed E-state index contributed by atoms with van der Waals surface area (Å²) >= 11 is 6.77. The monoisotopic (exact) mass is 430 g/mol. The van der Waals surface area contributed by atoms with E-state index in [1.807, 2.05) is 30.3 Å². The molecule has 0 radical (unpaired) electrons. The zero-order valence-electron chi connectivity index (χ0n) is 12.9. The molecule has 0 saturated carbocycles. The molecule has 2 aromatic carbocycles. The first-order valence-electron chi connectivity index (χ1n) is 6.81. The van der Waals surface area contributed by atoms with Gasteiger partial charge in [-0.3, -0.25) is 0 Å². The van der Waals surface area contributed by atoms with Gasteiger partial charge in [0.25, 0.3) is 0 Å². The number of methoxy groups -OCH3 is 2. The standard InChI is InChI=1S/C9H11BrO.C8H9BrO2/c1-3-7-6-8(11-2)4-5-9(7)10;1-11-7-2-3-8(9)6(4-7)5-10/h4-6H,3H2,1-2H3;2-4,10H,5H2,1H3. The third-order valence-corrected chi connectivity index (χ3v) is 4.60. The summed E-state index contributed by atoms with van der Waals surface area (Å²) in [5.41, 5.74) is 2.12. The van der Waals surface area contributed by atoms with Crippen LogP contribution >= 0.6 is 31.9 Å². The van der Waals surface area contributed by atoms with E-state index in [1.165, 1.54) is 5.56 Å². The molecule has 120 valence electrons. The smallest absolute Gasteiger partial charge is 0.119 e. The predicted molar refractivity (Wildman–Crippen MR) is 96.7 cm³/mol. The van der Waals surface area contributed by atoms with Gasteiger partial charge in [0.15, 0.2) is 0 Å². The van der Waals surface area contributed by atoms with Crippen molar-refractivity contribution in [2.45, 2.75) is 20.0 Å². The molecular weight excluding hydrogens is 412 g/mol. The Hall–Kier alpha value is -1.04. The second-order valence-corrected chi connectivity index (χ2v) is 6.14. The molecule has 0 heterocycles. The van der Waals surface area contributed by atoms with Crippen molar-refractivity contribution >= 4 is 31.9 Å². The Kier molecular flexibility index (Phi) is 8.53. The minimum Gasteiger partial charge on any atom is -0.497 e. The summed E-state index contributed by atoms with van der Waals surface area (Å²) in [7, 11) is 3.28. The molecule has 0 spiro atoms. The second kappa shape index (κ2) is 9.87. The molecule has 2 rings (SSSR count). The summed E-state index contributed by atoms with van der Waals surface area (Å²) in [6.07, 6.45) is 1.03. The van der Waals surface area contributed by atoms with Crippen molar-refractivity contribution in [3.63, 3.8) is 0 Å². The van der Waals surface area contributed by atoms with E-state index < -0.39 is 0 Å². The number of hydrogen-bond donors (Lipinski definition) is 1. The number of ether oxygens (including phenoxy) is 2. The average molecular weight is 432 g/mol. The van der Waals surface area contributed by atoms with Gasteiger partial charge in [0.1, 0.15) is 11.5 Å². The summed E-state index contributed by atoms with van der Waals surface area (Å²) in [5, 5.41) is 8.85. The van der Waals surface area contributed by atoms with Crippen LogP contribution in [0.25, 0.3) is 0 Å². The van der Waals surface area contributed by atoms with E-state index in [0.717, 1.165) is 32.4 Å². The number of rotatable bonds is 4. The Bertz CT molecular complexity index is 547. The van der Waals surface area contributed by atoms with E-state index in [1.54, 1.807) is 20.3 Å². The molecule has 0 aromatic heterocycles. The van der Waals surface area contributed by atoms with Crippen LogP contribution in [0.5, 0.6) is 11.5 Å². The van der Waals surface area contributed by atoms with Crippen molar-refractivity contribution in [1.82, 2.24) is 0 Å². The molecule has 22 heavy (non-hydrogen) atoms. The maximum atomic E-state index is 8.85. The minimum atomic E-state index is 0.0256. The number of halogens is 2. The van der Waals surface area contributed by atoms with E-state index in [2.05, 4.69) is 38.8 Å². The van der Waals surface area contributed by atoms with Crippen LogP contribution in [0.3, 0.4) is 0 Å². The average Bonchev–Trinajstić information content (AvgIpc) is 2.56. The zero-order valence-corrected chi connectivity index (χ0v) is 16.1. The molecular formula is C17H20Br2O3. The highest BCUT2D eigenvalue weighted by atomic mass is 79.9. The van der Waals surface area contributed by atoms with Gasteiger partial charge in [0.2, 0.25) is 0 Å². The van der Waals surface area contributed by atoms with Crippen LogP contribution in [0.2, 0.25) is 0 Å². The number of aryl methyl sites for hydroxylation is 1. The van der Waals surface area contributed by atoms with Crippen LogP contribution in [-0.4, -0.2) is 19.3 Å². The molecule has 0 aliphatic rings.